The van der Waals surface area contributed by atoms with E-state index in [1.54, 1.807) is 0 Å². The fourth-order valence-electron chi connectivity index (χ4n) is 1.36. The summed E-state index contributed by atoms with van der Waals surface area (Å²) >= 11 is 0. The number of aliphatic hydroxyl groups excluding tert-OH is 1. The van der Waals surface area contributed by atoms with Gasteiger partial charge in [-0.05, 0) is 19.4 Å². The van der Waals surface area contributed by atoms with Crippen LogP contribution in [0.4, 0.5) is 0 Å². The molecular weight excluding hydrogens is 128 g/mol. The van der Waals surface area contributed by atoms with Gasteiger partial charge in [-0.25, -0.2) is 0 Å². The Labute approximate surface area is 61.8 Å². The third-order valence-electron chi connectivity index (χ3n) is 1.94. The normalized spacial score (nSPS) is 27.6. The lowest BCUT2D eigenvalue weighted by molar-refractivity contribution is 0.247. The van der Waals surface area contributed by atoms with E-state index in [0.717, 1.165) is 32.5 Å². The van der Waals surface area contributed by atoms with Crippen LogP contribution in [0.1, 0.15) is 12.8 Å². The molecule has 1 aliphatic heterocycles. The number of nitrogens with zero attached hydrogens (tertiary/aromatic N) is 1. The van der Waals surface area contributed by atoms with Crippen LogP contribution in [0.2, 0.25) is 0 Å². The van der Waals surface area contributed by atoms with Crippen LogP contribution in [0.25, 0.3) is 0 Å². The smallest absolute Gasteiger partial charge is 0.0443 e. The van der Waals surface area contributed by atoms with Gasteiger partial charge in [-0.1, -0.05) is 0 Å². The van der Waals surface area contributed by atoms with Crippen LogP contribution in [0.15, 0.2) is 0 Å². The second-order valence-corrected chi connectivity index (χ2v) is 2.93. The summed E-state index contributed by atoms with van der Waals surface area (Å²) in [5, 5.41) is 8.53. The summed E-state index contributed by atoms with van der Waals surface area (Å²) in [7, 11) is 0. The Morgan fingerprint density at radius 2 is 2.40 bits per heavy atom. The number of hydrogen-bond acceptors (Lipinski definition) is 3. The molecule has 1 heterocycles. The lowest BCUT2D eigenvalue weighted by Gasteiger charge is -2.13. The van der Waals surface area contributed by atoms with E-state index in [1.807, 2.05) is 0 Å². The molecule has 0 spiro atoms. The van der Waals surface area contributed by atoms with Crippen molar-refractivity contribution < 1.29 is 5.11 Å². The summed E-state index contributed by atoms with van der Waals surface area (Å²) in [5.41, 5.74) is 5.69. The lowest BCUT2D eigenvalue weighted by atomic mass is 10.3. The van der Waals surface area contributed by atoms with Crippen LogP contribution in [-0.2, 0) is 0 Å². The second kappa shape index (κ2) is 3.91. The number of aliphatic hydroxyl groups is 1. The van der Waals surface area contributed by atoms with Gasteiger partial charge in [0, 0.05) is 25.7 Å². The highest BCUT2D eigenvalue weighted by Gasteiger charge is 2.17. The second-order valence-electron chi connectivity index (χ2n) is 2.93. The maximum absolute atomic E-state index is 8.53. The standard InChI is InChI=1S/C7H16N2O/c8-7-2-4-9(6-7)3-1-5-10/h7,10H,1-6,8H2/t7-/m0/s1. The lowest BCUT2D eigenvalue weighted by Crippen LogP contribution is -2.27. The van der Waals surface area contributed by atoms with Gasteiger partial charge in [0.15, 0.2) is 0 Å². The van der Waals surface area contributed by atoms with Crippen molar-refractivity contribution >= 4 is 0 Å². The van der Waals surface area contributed by atoms with Crippen molar-refractivity contribution in [1.82, 2.24) is 4.90 Å². The highest BCUT2D eigenvalue weighted by molar-refractivity contribution is 4.77. The van der Waals surface area contributed by atoms with E-state index >= 15 is 0 Å². The first-order valence-electron chi connectivity index (χ1n) is 3.91. The molecule has 0 saturated carbocycles. The van der Waals surface area contributed by atoms with E-state index in [4.69, 9.17) is 10.8 Å². The van der Waals surface area contributed by atoms with Crippen molar-refractivity contribution in [1.29, 1.82) is 0 Å². The molecule has 10 heavy (non-hydrogen) atoms. The average Bonchev–Trinajstić information content (AvgIpc) is 2.31. The molecule has 0 bridgehead atoms. The highest BCUT2D eigenvalue weighted by Crippen LogP contribution is 2.06. The Hall–Kier alpha value is -0.120. The maximum atomic E-state index is 8.53. The summed E-state index contributed by atoms with van der Waals surface area (Å²) in [5.74, 6) is 0. The summed E-state index contributed by atoms with van der Waals surface area (Å²) in [4.78, 5) is 2.31. The van der Waals surface area contributed by atoms with Gasteiger partial charge in [-0.2, -0.15) is 0 Å². The zero-order valence-corrected chi connectivity index (χ0v) is 6.29. The van der Waals surface area contributed by atoms with Gasteiger partial charge < -0.3 is 15.7 Å². The molecule has 3 nitrogen and oxygen atoms in total. The van der Waals surface area contributed by atoms with E-state index in [9.17, 15) is 0 Å². The summed E-state index contributed by atoms with van der Waals surface area (Å²) in [6.07, 6.45) is 2.00. The number of nitrogens with two attached hydrogens (primary N) is 1. The fourth-order valence-corrected chi connectivity index (χ4v) is 1.36. The predicted octanol–water partition coefficient (Wildman–Crippen LogP) is -0.598. The van der Waals surface area contributed by atoms with Gasteiger partial charge in [-0.15, -0.1) is 0 Å². The van der Waals surface area contributed by atoms with Crippen molar-refractivity contribution in [2.75, 3.05) is 26.2 Å². The largest absolute Gasteiger partial charge is 0.396 e. The van der Waals surface area contributed by atoms with Crippen LogP contribution < -0.4 is 5.73 Å². The molecule has 1 fully saturated rings. The highest BCUT2D eigenvalue weighted by atomic mass is 16.3. The van der Waals surface area contributed by atoms with E-state index < -0.39 is 0 Å². The van der Waals surface area contributed by atoms with Gasteiger partial charge >= 0.3 is 0 Å². The van der Waals surface area contributed by atoms with Crippen molar-refractivity contribution in [2.24, 2.45) is 5.73 Å². The summed E-state index contributed by atoms with van der Waals surface area (Å²) in [6.45, 7) is 3.43. The Kier molecular flexibility index (Phi) is 3.12. The molecular formula is C7H16N2O. The third-order valence-corrected chi connectivity index (χ3v) is 1.94. The van der Waals surface area contributed by atoms with Gasteiger partial charge in [0.25, 0.3) is 0 Å². The van der Waals surface area contributed by atoms with E-state index in [1.165, 1.54) is 0 Å². The Balaban J connectivity index is 2.06. The van der Waals surface area contributed by atoms with Crippen LogP contribution >= 0.6 is 0 Å². The quantitative estimate of drug-likeness (QED) is 0.556. The fraction of sp³-hybridized carbons (Fsp3) is 1.00. The monoisotopic (exact) mass is 144 g/mol. The van der Waals surface area contributed by atoms with Crippen molar-refractivity contribution in [2.45, 2.75) is 18.9 Å². The SMILES string of the molecule is N[C@H]1CCN(CCCO)C1. The Morgan fingerprint density at radius 1 is 1.60 bits per heavy atom. The first kappa shape index (κ1) is 7.98. The molecule has 0 aromatic rings. The molecule has 0 aliphatic carbocycles. The van der Waals surface area contributed by atoms with Gasteiger partial charge in [-0.3, -0.25) is 0 Å². The van der Waals surface area contributed by atoms with Gasteiger partial charge in [0.2, 0.25) is 0 Å². The summed E-state index contributed by atoms with van der Waals surface area (Å²) in [6, 6.07) is 0.374. The number of hydrogen-bond donors (Lipinski definition) is 2. The predicted molar refractivity (Wildman–Crippen MR) is 40.7 cm³/mol. The molecule has 3 N–H and O–H groups in total. The number of rotatable bonds is 3. The third kappa shape index (κ3) is 2.25. The first-order valence-corrected chi connectivity index (χ1v) is 3.91. The molecule has 0 amide bonds. The minimum atomic E-state index is 0.297. The van der Waals surface area contributed by atoms with Gasteiger partial charge in [0.1, 0.15) is 0 Å². The minimum Gasteiger partial charge on any atom is -0.396 e. The molecule has 0 radical (unpaired) electrons. The molecule has 3 heteroatoms. The molecule has 60 valence electrons. The van der Waals surface area contributed by atoms with Crippen LogP contribution in [0.3, 0.4) is 0 Å². The average molecular weight is 144 g/mol. The zero-order valence-electron chi connectivity index (χ0n) is 6.29. The van der Waals surface area contributed by atoms with Crippen LogP contribution in [0.5, 0.6) is 0 Å². The van der Waals surface area contributed by atoms with Crippen LogP contribution in [0, 0.1) is 0 Å². The number of likely N-dealkylation sites (tertiary alicyclic amines) is 1. The topological polar surface area (TPSA) is 49.5 Å². The Bertz CT molecular complexity index is 97.6. The first-order chi connectivity index (χ1) is 4.83. The maximum Gasteiger partial charge on any atom is 0.0443 e. The minimum absolute atomic E-state index is 0.297. The molecule has 1 aliphatic rings. The van der Waals surface area contributed by atoms with Gasteiger partial charge in [0.05, 0.1) is 0 Å². The molecule has 1 saturated heterocycles. The van der Waals surface area contributed by atoms with Crippen molar-refractivity contribution in [3.63, 3.8) is 0 Å². The Morgan fingerprint density at radius 3 is 2.90 bits per heavy atom. The van der Waals surface area contributed by atoms with Crippen molar-refractivity contribution in [3.05, 3.63) is 0 Å². The molecule has 0 unspecified atom stereocenters. The molecule has 1 rings (SSSR count). The molecule has 1 atom stereocenters. The van der Waals surface area contributed by atoms with E-state index in [0.29, 0.717) is 12.6 Å². The summed E-state index contributed by atoms with van der Waals surface area (Å²) < 4.78 is 0. The molecule has 0 aromatic carbocycles. The zero-order chi connectivity index (χ0) is 7.40. The van der Waals surface area contributed by atoms with E-state index in [2.05, 4.69) is 4.90 Å². The van der Waals surface area contributed by atoms with Crippen LogP contribution in [-0.4, -0.2) is 42.3 Å². The van der Waals surface area contributed by atoms with Crippen molar-refractivity contribution in [3.8, 4) is 0 Å². The van der Waals surface area contributed by atoms with E-state index in [-0.39, 0.29) is 0 Å². The molecule has 0 aromatic heterocycles.